The van der Waals surface area contributed by atoms with Crippen molar-refractivity contribution in [3.8, 4) is 23.7 Å². The molecule has 72 heavy (non-hydrogen) atoms. The predicted molar refractivity (Wildman–Crippen MR) is 288 cm³/mol. The summed E-state index contributed by atoms with van der Waals surface area (Å²) >= 11 is 0. The number of nitrogens with one attached hydrogen (secondary N) is 2. The number of carbonyl (C=O) groups is 2. The molecule has 0 radical (unpaired) electrons. The Kier molecular flexibility index (Phi) is 15.0. The van der Waals surface area contributed by atoms with Gasteiger partial charge in [0.1, 0.15) is 11.2 Å². The molecule has 0 bridgehead atoms. The molecular formula is C64H68N4O4. The average Bonchev–Trinajstić information content (AvgIpc) is 3.62. The first kappa shape index (κ1) is 50.1. The molecule has 0 spiro atoms. The molecule has 6 aromatic rings. The van der Waals surface area contributed by atoms with Gasteiger partial charge in [0, 0.05) is 34.4 Å². The van der Waals surface area contributed by atoms with Crippen LogP contribution < -0.4 is 10.6 Å². The topological polar surface area (TPSA) is 124 Å². The third-order valence-electron chi connectivity index (χ3n) is 16.5. The van der Waals surface area contributed by atoms with Crippen LogP contribution in [0.1, 0.15) is 144 Å². The number of aryl methyl sites for hydroxylation is 4. The molecule has 4 aromatic carbocycles. The number of nitrogens with zero attached hydrogens (tertiary/aromatic N) is 2. The van der Waals surface area contributed by atoms with Gasteiger partial charge >= 0.3 is 0 Å². The van der Waals surface area contributed by atoms with Gasteiger partial charge in [-0.3, -0.25) is 19.6 Å². The first-order valence-electron chi connectivity index (χ1n) is 26.0. The smallest absolute Gasteiger partial charge is 0.255 e. The molecular weight excluding hydrogens is 889 g/mol. The summed E-state index contributed by atoms with van der Waals surface area (Å²) in [4.78, 5) is 34.9. The van der Waals surface area contributed by atoms with Crippen LogP contribution in [0, 0.1) is 49.4 Å². The van der Waals surface area contributed by atoms with E-state index in [-0.39, 0.29) is 22.6 Å². The van der Waals surface area contributed by atoms with Gasteiger partial charge in [-0.1, -0.05) is 84.6 Å². The third-order valence-corrected chi connectivity index (χ3v) is 16.5. The molecule has 8 heteroatoms. The van der Waals surface area contributed by atoms with Gasteiger partial charge in [-0.25, -0.2) is 0 Å². The Morgan fingerprint density at radius 1 is 0.569 bits per heavy atom. The number of hydrogen-bond donors (Lipinski definition) is 4. The number of rotatable bonds is 8. The summed E-state index contributed by atoms with van der Waals surface area (Å²) in [5, 5.41) is 28.6. The maximum atomic E-state index is 13.2. The van der Waals surface area contributed by atoms with Crippen molar-refractivity contribution in [2.24, 2.45) is 11.8 Å². The Bertz CT molecular complexity index is 2850. The van der Waals surface area contributed by atoms with E-state index in [9.17, 15) is 19.8 Å². The van der Waals surface area contributed by atoms with Crippen LogP contribution in [0.4, 0.5) is 11.4 Å². The second-order valence-electron chi connectivity index (χ2n) is 21.0. The summed E-state index contributed by atoms with van der Waals surface area (Å²) in [7, 11) is 0. The maximum Gasteiger partial charge on any atom is 0.255 e. The maximum absolute atomic E-state index is 13.2. The summed E-state index contributed by atoms with van der Waals surface area (Å²) < 4.78 is 0. The van der Waals surface area contributed by atoms with E-state index < -0.39 is 11.2 Å². The lowest BCUT2D eigenvalue weighted by atomic mass is 9.56. The zero-order valence-electron chi connectivity index (χ0n) is 42.4. The van der Waals surface area contributed by atoms with E-state index in [2.05, 4.69) is 129 Å². The number of aliphatic hydroxyl groups is 2. The predicted octanol–water partition coefficient (Wildman–Crippen LogP) is 12.0. The molecule has 0 aliphatic heterocycles. The fraction of sp³-hybridized carbons (Fsp3) is 0.375. The Labute approximate surface area is 426 Å². The first-order valence-corrected chi connectivity index (χ1v) is 26.0. The molecule has 4 N–H and O–H groups in total. The van der Waals surface area contributed by atoms with Crippen molar-refractivity contribution in [2.75, 3.05) is 10.6 Å². The zero-order chi connectivity index (χ0) is 50.4. The Balaban J connectivity index is 0.000000178. The van der Waals surface area contributed by atoms with Gasteiger partial charge in [0.2, 0.25) is 0 Å². The highest BCUT2D eigenvalue weighted by Gasteiger charge is 2.52. The van der Waals surface area contributed by atoms with E-state index in [1.807, 2.05) is 64.1 Å². The largest absolute Gasteiger partial charge is 0.378 e. The number of pyridine rings is 2. The monoisotopic (exact) mass is 957 g/mol. The van der Waals surface area contributed by atoms with Crippen molar-refractivity contribution in [3.05, 3.63) is 190 Å². The third kappa shape index (κ3) is 10.7. The van der Waals surface area contributed by atoms with Gasteiger partial charge in [0.05, 0.1) is 22.8 Å². The lowest BCUT2D eigenvalue weighted by Crippen LogP contribution is -2.48. The van der Waals surface area contributed by atoms with Gasteiger partial charge in [-0.15, -0.1) is 11.8 Å². The average molecular weight is 957 g/mol. The summed E-state index contributed by atoms with van der Waals surface area (Å²) in [6.07, 6.45) is 15.9. The van der Waals surface area contributed by atoms with Crippen LogP contribution in [0.2, 0.25) is 0 Å². The summed E-state index contributed by atoms with van der Waals surface area (Å²) in [6.45, 7) is 7.41. The van der Waals surface area contributed by atoms with E-state index in [4.69, 9.17) is 0 Å². The molecule has 2 saturated carbocycles. The van der Waals surface area contributed by atoms with Gasteiger partial charge in [-0.05, 0) is 211 Å². The van der Waals surface area contributed by atoms with Gasteiger partial charge in [-0.2, -0.15) is 0 Å². The Morgan fingerprint density at radius 2 is 0.986 bits per heavy atom. The van der Waals surface area contributed by atoms with Gasteiger partial charge in [0.15, 0.2) is 0 Å². The van der Waals surface area contributed by atoms with Gasteiger partial charge in [0.25, 0.3) is 11.8 Å². The lowest BCUT2D eigenvalue weighted by Gasteiger charge is -2.49. The number of fused-ring (bicyclic) bond motifs is 6. The van der Waals surface area contributed by atoms with Crippen molar-refractivity contribution in [3.63, 3.8) is 0 Å². The number of hydrogen-bond acceptors (Lipinski definition) is 6. The number of aromatic nitrogens is 2. The van der Waals surface area contributed by atoms with E-state index in [1.54, 1.807) is 12.4 Å². The van der Waals surface area contributed by atoms with E-state index in [1.165, 1.54) is 33.4 Å². The van der Waals surface area contributed by atoms with Crippen LogP contribution in [0.5, 0.6) is 0 Å². The van der Waals surface area contributed by atoms with Crippen molar-refractivity contribution in [2.45, 2.75) is 140 Å². The lowest BCUT2D eigenvalue weighted by molar-refractivity contribution is -0.00381. The highest BCUT2D eigenvalue weighted by Crippen LogP contribution is 2.55. The molecule has 2 heterocycles. The second kappa shape index (κ2) is 21.5. The Morgan fingerprint density at radius 3 is 1.38 bits per heavy atom. The standard InChI is InChI=1S/2C32H34N2O2/c2*1-3-16-31(36)17-18-32(21-24-9-5-4-6-10-24)27(22-31)12-7-11-25-20-26(14-15-28(25)32)30(35)34-29-13-8-19-33-23(29)2/h2*4-6,8-10,13-15,19-20,27,36H,7,11-12,17-18,21-22H2,1-2H3,(H,34,35)/t2*27-,31-,32-/m10/s1. The fourth-order valence-electron chi connectivity index (χ4n) is 13.0. The fourth-order valence-corrected chi connectivity index (χ4v) is 13.0. The molecule has 8 nitrogen and oxygen atoms in total. The molecule has 2 amide bonds. The van der Waals surface area contributed by atoms with Crippen LogP contribution >= 0.6 is 0 Å². The van der Waals surface area contributed by atoms with Crippen molar-refractivity contribution in [1.82, 2.24) is 9.97 Å². The van der Waals surface area contributed by atoms with Crippen LogP contribution in [0.15, 0.2) is 134 Å². The number of amides is 2. The zero-order valence-corrected chi connectivity index (χ0v) is 42.4. The van der Waals surface area contributed by atoms with Crippen molar-refractivity contribution >= 4 is 23.2 Å². The molecule has 4 aliphatic rings. The SMILES string of the molecule is CC#C[C@@]1(O)CC[C@]2(Cc3ccccc3)c3ccc(C(=O)Nc4cccnc4C)cc3CCC[C@@H]2C1.CC#C[C@]1(O)CC[C@@]2(Cc3ccccc3)c3ccc(C(=O)Nc4cccnc4C)cc3CCC[C@H]2C1. The van der Waals surface area contributed by atoms with Crippen LogP contribution in [0.25, 0.3) is 0 Å². The summed E-state index contributed by atoms with van der Waals surface area (Å²) in [5.41, 5.74) is 10.3. The van der Waals surface area contributed by atoms with Crippen LogP contribution in [0.3, 0.4) is 0 Å². The molecule has 10 rings (SSSR count). The minimum absolute atomic E-state index is 0.0796. The van der Waals surface area contributed by atoms with Crippen LogP contribution in [-0.2, 0) is 36.5 Å². The second-order valence-corrected chi connectivity index (χ2v) is 21.0. The normalized spacial score (nSPS) is 24.9. The molecule has 0 unspecified atom stereocenters. The van der Waals surface area contributed by atoms with Gasteiger partial charge < -0.3 is 20.8 Å². The van der Waals surface area contributed by atoms with E-state index >= 15 is 0 Å². The first-order chi connectivity index (χ1) is 34.8. The summed E-state index contributed by atoms with van der Waals surface area (Å²) in [5.74, 6) is 12.6. The minimum Gasteiger partial charge on any atom is -0.378 e. The Hall–Kier alpha value is -6.84. The summed E-state index contributed by atoms with van der Waals surface area (Å²) in [6, 6.07) is 41.3. The number of benzene rings is 4. The molecule has 2 fully saturated rings. The molecule has 6 atom stereocenters. The van der Waals surface area contributed by atoms with Crippen LogP contribution in [-0.4, -0.2) is 43.2 Å². The highest BCUT2D eigenvalue weighted by molar-refractivity contribution is 6.05. The molecule has 2 aromatic heterocycles. The highest BCUT2D eigenvalue weighted by atomic mass is 16.3. The van der Waals surface area contributed by atoms with Crippen molar-refractivity contribution in [1.29, 1.82) is 0 Å². The molecule has 4 aliphatic carbocycles. The number of anilines is 2. The van der Waals surface area contributed by atoms with E-state index in [0.717, 1.165) is 87.0 Å². The van der Waals surface area contributed by atoms with E-state index in [0.29, 0.717) is 48.6 Å². The quantitative estimate of drug-likeness (QED) is 0.113. The number of carbonyl (C=O) groups excluding carboxylic acids is 2. The molecule has 368 valence electrons. The molecule has 0 saturated heterocycles. The minimum atomic E-state index is -0.911. The van der Waals surface area contributed by atoms with Crippen molar-refractivity contribution < 1.29 is 19.8 Å².